The maximum Gasteiger partial charge on any atom is 0.243 e. The molecule has 0 saturated carbocycles. The Labute approximate surface area is 251 Å². The van der Waals surface area contributed by atoms with Gasteiger partial charge in [-0.15, -0.1) is 0 Å². The highest BCUT2D eigenvalue weighted by atomic mass is 35.5. The topological polar surface area (TPSA) is 86.8 Å². The van der Waals surface area contributed by atoms with Gasteiger partial charge in [0.1, 0.15) is 6.04 Å². The second-order valence-corrected chi connectivity index (χ2v) is 12.8. The molecule has 1 N–H and O–H groups in total. The molecule has 11 heteroatoms. The summed E-state index contributed by atoms with van der Waals surface area (Å²) in [5.74, 6) is -0.950. The molecule has 0 aliphatic heterocycles. The van der Waals surface area contributed by atoms with Gasteiger partial charge >= 0.3 is 0 Å². The van der Waals surface area contributed by atoms with Gasteiger partial charge in [-0.3, -0.25) is 9.59 Å². The molecule has 2 amide bonds. The summed E-state index contributed by atoms with van der Waals surface area (Å²) < 4.78 is 27.4. The fraction of sp³-hybridized carbons (Fsp3) is 0.310. The number of benzene rings is 3. The van der Waals surface area contributed by atoms with Crippen LogP contribution >= 0.6 is 34.8 Å². The molecule has 3 rings (SSSR count). The maximum absolute atomic E-state index is 13.9. The minimum atomic E-state index is -4.03. The number of likely N-dealkylation sites (N-methyl/N-ethyl adjacent to an activating group) is 1. The first-order valence-corrected chi connectivity index (χ1v) is 15.3. The Kier molecular flexibility index (Phi) is 11.4. The summed E-state index contributed by atoms with van der Waals surface area (Å²) >= 11 is 18.8. The van der Waals surface area contributed by atoms with Crippen molar-refractivity contribution in [2.24, 2.45) is 0 Å². The summed E-state index contributed by atoms with van der Waals surface area (Å²) in [6, 6.07) is 18.8. The summed E-state index contributed by atoms with van der Waals surface area (Å²) in [5.41, 5.74) is 1.29. The number of carbonyl (C=O) groups excluding carboxylic acids is 2. The first-order chi connectivity index (χ1) is 18.9. The normalized spacial score (nSPS) is 13.1. The van der Waals surface area contributed by atoms with Crippen LogP contribution in [0.15, 0.2) is 77.7 Å². The van der Waals surface area contributed by atoms with Gasteiger partial charge in [-0.1, -0.05) is 78.1 Å². The Bertz CT molecular complexity index is 1400. The van der Waals surface area contributed by atoms with Crippen molar-refractivity contribution in [3.05, 3.63) is 99.0 Å². The molecular formula is C29H32Cl3N3O4S. The van der Waals surface area contributed by atoms with E-state index in [1.165, 1.54) is 36.2 Å². The molecule has 0 radical (unpaired) electrons. The van der Waals surface area contributed by atoms with E-state index < -0.39 is 28.5 Å². The zero-order valence-corrected chi connectivity index (χ0v) is 25.6. The first kappa shape index (κ1) is 31.9. The summed E-state index contributed by atoms with van der Waals surface area (Å²) in [6.45, 7) is 3.20. The number of nitrogens with zero attached hydrogens (tertiary/aromatic N) is 2. The lowest BCUT2D eigenvalue weighted by atomic mass is 10.0. The highest BCUT2D eigenvalue weighted by Gasteiger charge is 2.34. The summed E-state index contributed by atoms with van der Waals surface area (Å²) in [5, 5.41) is 4.01. The smallest absolute Gasteiger partial charge is 0.243 e. The molecule has 0 saturated heterocycles. The lowest BCUT2D eigenvalue weighted by molar-refractivity contribution is -0.141. The lowest BCUT2D eigenvalue weighted by Gasteiger charge is -2.33. The number of rotatable bonds is 12. The van der Waals surface area contributed by atoms with Gasteiger partial charge < -0.3 is 10.2 Å². The van der Waals surface area contributed by atoms with Gasteiger partial charge in [-0.2, -0.15) is 4.31 Å². The predicted octanol–water partition coefficient (Wildman–Crippen LogP) is 5.82. The van der Waals surface area contributed by atoms with Crippen molar-refractivity contribution in [3.8, 4) is 0 Å². The minimum absolute atomic E-state index is 0.0109. The quantitative estimate of drug-likeness (QED) is 0.275. The van der Waals surface area contributed by atoms with Gasteiger partial charge in [0.25, 0.3) is 0 Å². The summed E-state index contributed by atoms with van der Waals surface area (Å²) in [6.07, 6.45) is 0.890. The maximum atomic E-state index is 13.9. The van der Waals surface area contributed by atoms with Gasteiger partial charge in [0.05, 0.1) is 11.4 Å². The predicted molar refractivity (Wildman–Crippen MR) is 160 cm³/mol. The van der Waals surface area contributed by atoms with Crippen LogP contribution in [0.5, 0.6) is 0 Å². The highest BCUT2D eigenvalue weighted by molar-refractivity contribution is 7.89. The first-order valence-electron chi connectivity index (χ1n) is 12.7. The lowest BCUT2D eigenvalue weighted by Crippen LogP contribution is -2.54. The van der Waals surface area contributed by atoms with Crippen LogP contribution in [0, 0.1) is 0 Å². The number of amides is 2. The zero-order valence-electron chi connectivity index (χ0n) is 22.5. The minimum Gasteiger partial charge on any atom is -0.352 e. The van der Waals surface area contributed by atoms with E-state index in [0.717, 1.165) is 9.87 Å². The van der Waals surface area contributed by atoms with E-state index in [0.29, 0.717) is 27.1 Å². The molecule has 0 aliphatic rings. The average Bonchev–Trinajstić information content (AvgIpc) is 2.92. The van der Waals surface area contributed by atoms with Crippen LogP contribution in [0.3, 0.4) is 0 Å². The van der Waals surface area contributed by atoms with Crippen LogP contribution in [0.1, 0.15) is 31.4 Å². The molecule has 0 unspecified atom stereocenters. The number of sulfonamides is 1. The molecular weight excluding hydrogens is 593 g/mol. The highest BCUT2D eigenvalue weighted by Crippen LogP contribution is 2.28. The van der Waals surface area contributed by atoms with Crippen LogP contribution in [0.4, 0.5) is 0 Å². The van der Waals surface area contributed by atoms with Crippen LogP contribution in [0.2, 0.25) is 15.1 Å². The molecule has 40 heavy (non-hydrogen) atoms. The van der Waals surface area contributed by atoms with Gasteiger partial charge in [0, 0.05) is 46.7 Å². The zero-order chi connectivity index (χ0) is 29.4. The van der Waals surface area contributed by atoms with Crippen molar-refractivity contribution in [3.63, 3.8) is 0 Å². The standard InChI is InChI=1S/C29H32Cl3N3O4S/c1-4-20(2)33-29(37)27(17-21-9-6-5-7-10-21)35(18-24-25(31)11-8-12-26(24)32)28(36)19-34(3)40(38,39)23-15-13-22(30)14-16-23/h5-16,20,27H,4,17-19H2,1-3H3,(H,33,37)/t20-,27-/m0/s1. The van der Waals surface area contributed by atoms with Gasteiger partial charge in [0.2, 0.25) is 21.8 Å². The van der Waals surface area contributed by atoms with Crippen molar-refractivity contribution in [1.29, 1.82) is 0 Å². The fourth-order valence-electron chi connectivity index (χ4n) is 4.00. The Morgan fingerprint density at radius 3 is 2.08 bits per heavy atom. The molecule has 0 spiro atoms. The second kappa shape index (κ2) is 14.3. The molecule has 3 aromatic carbocycles. The molecule has 0 bridgehead atoms. The van der Waals surface area contributed by atoms with Gasteiger partial charge in [0.15, 0.2) is 0 Å². The van der Waals surface area contributed by atoms with Crippen LogP contribution < -0.4 is 5.32 Å². The molecule has 2 atom stereocenters. The van der Waals surface area contributed by atoms with Crippen LogP contribution in [-0.4, -0.2) is 55.1 Å². The molecule has 214 valence electrons. The van der Waals surface area contributed by atoms with E-state index in [1.54, 1.807) is 18.2 Å². The van der Waals surface area contributed by atoms with Crippen molar-refractivity contribution in [2.75, 3.05) is 13.6 Å². The molecule has 0 heterocycles. The molecule has 3 aromatic rings. The summed E-state index contributed by atoms with van der Waals surface area (Å²) in [7, 11) is -2.71. The SMILES string of the molecule is CC[C@H](C)NC(=O)[C@H](Cc1ccccc1)N(Cc1c(Cl)cccc1Cl)C(=O)CN(C)S(=O)(=O)c1ccc(Cl)cc1. The monoisotopic (exact) mass is 623 g/mol. The summed E-state index contributed by atoms with van der Waals surface area (Å²) in [4.78, 5) is 28.9. The van der Waals surface area contributed by atoms with Gasteiger partial charge in [-0.05, 0) is 55.3 Å². The molecule has 0 fully saturated rings. The Hall–Kier alpha value is -2.62. The molecule has 7 nitrogen and oxygen atoms in total. The number of nitrogens with one attached hydrogen (secondary N) is 1. The number of hydrogen-bond acceptors (Lipinski definition) is 4. The van der Waals surface area contributed by atoms with E-state index in [4.69, 9.17) is 34.8 Å². The van der Waals surface area contributed by atoms with Crippen molar-refractivity contribution < 1.29 is 18.0 Å². The average molecular weight is 625 g/mol. The Morgan fingerprint density at radius 2 is 1.50 bits per heavy atom. The number of halogens is 3. The third-order valence-electron chi connectivity index (χ3n) is 6.54. The number of hydrogen-bond donors (Lipinski definition) is 1. The molecule has 0 aliphatic carbocycles. The van der Waals surface area contributed by atoms with Crippen LogP contribution in [0.25, 0.3) is 0 Å². The fourth-order valence-corrected chi connectivity index (χ4v) is 5.76. The third-order valence-corrected chi connectivity index (χ3v) is 9.32. The van der Waals surface area contributed by atoms with E-state index in [9.17, 15) is 18.0 Å². The van der Waals surface area contributed by atoms with E-state index in [2.05, 4.69) is 5.32 Å². The van der Waals surface area contributed by atoms with E-state index in [1.807, 2.05) is 44.2 Å². The largest absolute Gasteiger partial charge is 0.352 e. The van der Waals surface area contributed by atoms with Crippen molar-refractivity contribution >= 4 is 56.6 Å². The van der Waals surface area contributed by atoms with Gasteiger partial charge in [-0.25, -0.2) is 8.42 Å². The van der Waals surface area contributed by atoms with E-state index >= 15 is 0 Å². The van der Waals surface area contributed by atoms with Crippen molar-refractivity contribution in [1.82, 2.24) is 14.5 Å². The Balaban J connectivity index is 2.02. The van der Waals surface area contributed by atoms with Crippen molar-refractivity contribution in [2.45, 2.75) is 50.2 Å². The Morgan fingerprint density at radius 1 is 0.900 bits per heavy atom. The number of carbonyl (C=O) groups is 2. The third kappa shape index (κ3) is 8.21. The van der Waals surface area contributed by atoms with E-state index in [-0.39, 0.29) is 29.8 Å². The van der Waals surface area contributed by atoms with Crippen LogP contribution in [-0.2, 0) is 32.6 Å². The second-order valence-electron chi connectivity index (χ2n) is 9.46. The molecule has 0 aromatic heterocycles.